The van der Waals surface area contributed by atoms with Gasteiger partial charge in [-0.3, -0.25) is 4.99 Å². The fourth-order valence-electron chi connectivity index (χ4n) is 3.21. The van der Waals surface area contributed by atoms with Gasteiger partial charge in [-0.25, -0.2) is 0 Å². The van der Waals surface area contributed by atoms with Crippen LogP contribution in [0.15, 0.2) is 46.8 Å². The molecule has 3 rings (SSSR count). The number of aliphatic imine (C=N–C) groups is 1. The number of piperidine rings is 1. The van der Waals surface area contributed by atoms with Crippen LogP contribution in [-0.4, -0.2) is 38.7 Å². The third-order valence-corrected chi connectivity index (χ3v) is 5.52. The highest BCUT2D eigenvalue weighted by Crippen LogP contribution is 2.24. The summed E-state index contributed by atoms with van der Waals surface area (Å²) in [5, 5.41) is 10.5. The lowest BCUT2D eigenvalue weighted by Crippen LogP contribution is -2.48. The van der Waals surface area contributed by atoms with E-state index in [0.717, 1.165) is 43.2 Å². The minimum atomic E-state index is 0.458. The summed E-state index contributed by atoms with van der Waals surface area (Å²) in [7, 11) is 1.82. The summed E-state index contributed by atoms with van der Waals surface area (Å²) < 4.78 is 5.70. The first-order chi connectivity index (χ1) is 12.8. The SMILES string of the molecule is CCOc1ccccc1CNC(=NC)NC1CCN(c2cccs2)CC1. The molecule has 140 valence electrons. The number of guanidine groups is 1. The molecule has 1 saturated heterocycles. The second-order valence-corrected chi connectivity index (χ2v) is 7.25. The first kappa shape index (κ1) is 18.6. The van der Waals surface area contributed by atoms with Gasteiger partial charge in [0.05, 0.1) is 11.6 Å². The molecule has 5 nitrogen and oxygen atoms in total. The third-order valence-electron chi connectivity index (χ3n) is 4.60. The van der Waals surface area contributed by atoms with E-state index in [-0.39, 0.29) is 0 Å². The Labute approximate surface area is 160 Å². The first-order valence-corrected chi connectivity index (χ1v) is 10.1. The standard InChI is InChI=1S/C20H28N4OS/c1-3-25-18-8-5-4-7-16(18)15-22-20(21-2)23-17-10-12-24(13-11-17)19-9-6-14-26-19/h4-9,14,17H,3,10-13,15H2,1-2H3,(H2,21,22,23). The molecule has 1 aromatic heterocycles. The second-order valence-electron chi connectivity index (χ2n) is 6.32. The van der Waals surface area contributed by atoms with Crippen LogP contribution in [0, 0.1) is 0 Å². The number of rotatable bonds is 6. The monoisotopic (exact) mass is 372 g/mol. The second kappa shape index (κ2) is 9.48. The highest BCUT2D eigenvalue weighted by Gasteiger charge is 2.20. The average molecular weight is 373 g/mol. The fraction of sp³-hybridized carbons (Fsp3) is 0.450. The molecule has 0 radical (unpaired) electrons. The molecule has 2 heterocycles. The van der Waals surface area contributed by atoms with E-state index in [0.29, 0.717) is 19.2 Å². The molecule has 1 aromatic carbocycles. The lowest BCUT2D eigenvalue weighted by atomic mass is 10.1. The van der Waals surface area contributed by atoms with E-state index < -0.39 is 0 Å². The molecule has 0 amide bonds. The highest BCUT2D eigenvalue weighted by molar-refractivity contribution is 7.14. The minimum absolute atomic E-state index is 0.458. The normalized spacial score (nSPS) is 15.8. The van der Waals surface area contributed by atoms with E-state index in [1.54, 1.807) is 0 Å². The maximum atomic E-state index is 5.70. The van der Waals surface area contributed by atoms with Gasteiger partial charge in [-0.1, -0.05) is 18.2 Å². The van der Waals surface area contributed by atoms with Crippen LogP contribution in [0.2, 0.25) is 0 Å². The smallest absolute Gasteiger partial charge is 0.191 e. The summed E-state index contributed by atoms with van der Waals surface area (Å²) in [4.78, 5) is 6.85. The Balaban J connectivity index is 1.48. The van der Waals surface area contributed by atoms with Crippen molar-refractivity contribution in [3.8, 4) is 5.75 Å². The van der Waals surface area contributed by atoms with Crippen LogP contribution < -0.4 is 20.3 Å². The molecular weight excluding hydrogens is 344 g/mol. The summed E-state index contributed by atoms with van der Waals surface area (Å²) in [6.45, 7) is 5.55. The number of hydrogen-bond acceptors (Lipinski definition) is 4. The van der Waals surface area contributed by atoms with Crippen LogP contribution >= 0.6 is 11.3 Å². The van der Waals surface area contributed by atoms with Gasteiger partial charge >= 0.3 is 0 Å². The summed E-state index contributed by atoms with van der Waals surface area (Å²) in [6.07, 6.45) is 2.24. The van der Waals surface area contributed by atoms with Gasteiger partial charge in [0.2, 0.25) is 0 Å². The van der Waals surface area contributed by atoms with E-state index in [1.807, 2.05) is 43.5 Å². The van der Waals surface area contributed by atoms with Crippen molar-refractivity contribution in [2.75, 3.05) is 31.6 Å². The van der Waals surface area contributed by atoms with Crippen LogP contribution in [0.25, 0.3) is 0 Å². The number of para-hydroxylation sites is 1. The Kier molecular flexibility index (Phi) is 6.77. The molecule has 2 aromatic rings. The average Bonchev–Trinajstić information content (AvgIpc) is 3.22. The number of benzene rings is 1. The van der Waals surface area contributed by atoms with Crippen molar-refractivity contribution in [3.63, 3.8) is 0 Å². The van der Waals surface area contributed by atoms with Crippen LogP contribution in [0.1, 0.15) is 25.3 Å². The maximum absolute atomic E-state index is 5.70. The van der Waals surface area contributed by atoms with Crippen molar-refractivity contribution in [1.82, 2.24) is 10.6 Å². The third kappa shape index (κ3) is 4.91. The zero-order chi connectivity index (χ0) is 18.2. The van der Waals surface area contributed by atoms with Gasteiger partial charge in [0.25, 0.3) is 0 Å². The van der Waals surface area contributed by atoms with Crippen LogP contribution in [0.3, 0.4) is 0 Å². The Bertz CT molecular complexity index is 694. The van der Waals surface area contributed by atoms with Gasteiger partial charge in [-0.2, -0.15) is 0 Å². The summed E-state index contributed by atoms with van der Waals surface area (Å²) in [6, 6.07) is 12.9. The molecule has 0 unspecified atom stereocenters. The Morgan fingerprint density at radius 2 is 2.04 bits per heavy atom. The highest BCUT2D eigenvalue weighted by atomic mass is 32.1. The van der Waals surface area contributed by atoms with E-state index >= 15 is 0 Å². The van der Waals surface area contributed by atoms with Crippen molar-refractivity contribution in [2.45, 2.75) is 32.4 Å². The van der Waals surface area contributed by atoms with E-state index in [9.17, 15) is 0 Å². The molecule has 0 atom stereocenters. The van der Waals surface area contributed by atoms with Crippen molar-refractivity contribution < 1.29 is 4.74 Å². The molecule has 1 aliphatic heterocycles. The van der Waals surface area contributed by atoms with Crippen LogP contribution in [0.4, 0.5) is 5.00 Å². The molecule has 0 bridgehead atoms. The van der Waals surface area contributed by atoms with E-state index in [4.69, 9.17) is 4.74 Å². The van der Waals surface area contributed by atoms with Crippen molar-refractivity contribution >= 4 is 22.3 Å². The number of hydrogen-bond donors (Lipinski definition) is 2. The predicted octanol–water partition coefficient (Wildman–Crippen LogP) is 3.48. The maximum Gasteiger partial charge on any atom is 0.191 e. The Morgan fingerprint density at radius 1 is 1.23 bits per heavy atom. The lowest BCUT2D eigenvalue weighted by Gasteiger charge is -2.33. The van der Waals surface area contributed by atoms with Crippen molar-refractivity contribution in [3.05, 3.63) is 47.3 Å². The number of thiophene rings is 1. The minimum Gasteiger partial charge on any atom is -0.494 e. The van der Waals surface area contributed by atoms with Crippen LogP contribution in [-0.2, 0) is 6.54 Å². The zero-order valence-electron chi connectivity index (χ0n) is 15.6. The van der Waals surface area contributed by atoms with Gasteiger partial charge in [0.1, 0.15) is 5.75 Å². The molecule has 1 aliphatic rings. The molecule has 2 N–H and O–H groups in total. The topological polar surface area (TPSA) is 48.9 Å². The van der Waals surface area contributed by atoms with Gasteiger partial charge in [-0.05, 0) is 43.3 Å². The largest absolute Gasteiger partial charge is 0.494 e. The molecule has 0 saturated carbocycles. The molecular formula is C20H28N4OS. The fourth-order valence-corrected chi connectivity index (χ4v) is 3.99. The van der Waals surface area contributed by atoms with Gasteiger partial charge in [0, 0.05) is 38.3 Å². The predicted molar refractivity (Wildman–Crippen MR) is 110 cm³/mol. The molecule has 1 fully saturated rings. The Hall–Kier alpha value is -2.21. The zero-order valence-corrected chi connectivity index (χ0v) is 16.4. The van der Waals surface area contributed by atoms with E-state index in [1.165, 1.54) is 5.00 Å². The lowest BCUT2D eigenvalue weighted by molar-refractivity contribution is 0.336. The summed E-state index contributed by atoms with van der Waals surface area (Å²) in [5.74, 6) is 1.79. The number of nitrogens with one attached hydrogen (secondary N) is 2. The number of nitrogens with zero attached hydrogens (tertiary/aromatic N) is 2. The summed E-state index contributed by atoms with van der Waals surface area (Å²) >= 11 is 1.82. The van der Waals surface area contributed by atoms with Crippen LogP contribution in [0.5, 0.6) is 5.75 Å². The quantitative estimate of drug-likeness (QED) is 0.602. The molecule has 26 heavy (non-hydrogen) atoms. The van der Waals surface area contributed by atoms with E-state index in [2.05, 4.69) is 44.1 Å². The Morgan fingerprint density at radius 3 is 2.73 bits per heavy atom. The first-order valence-electron chi connectivity index (χ1n) is 9.26. The molecule has 0 spiro atoms. The van der Waals surface area contributed by atoms with Crippen molar-refractivity contribution in [2.24, 2.45) is 4.99 Å². The van der Waals surface area contributed by atoms with Gasteiger partial charge in [0.15, 0.2) is 5.96 Å². The molecule has 6 heteroatoms. The van der Waals surface area contributed by atoms with Gasteiger partial charge in [-0.15, -0.1) is 11.3 Å². The van der Waals surface area contributed by atoms with Gasteiger partial charge < -0.3 is 20.3 Å². The summed E-state index contributed by atoms with van der Waals surface area (Å²) in [5.41, 5.74) is 1.14. The number of ether oxygens (including phenoxy) is 1. The molecule has 0 aliphatic carbocycles. The number of anilines is 1. The van der Waals surface area contributed by atoms with Crippen molar-refractivity contribution in [1.29, 1.82) is 0 Å².